The minimum Gasteiger partial charge on any atom is -0.326 e. The van der Waals surface area contributed by atoms with E-state index in [2.05, 4.69) is 10.6 Å². The van der Waals surface area contributed by atoms with Crippen LogP contribution >= 0.6 is 0 Å². The fourth-order valence-corrected chi connectivity index (χ4v) is 2.99. The predicted octanol–water partition coefficient (Wildman–Crippen LogP) is 0.793. The molecule has 0 radical (unpaired) electrons. The van der Waals surface area contributed by atoms with Crippen molar-refractivity contribution in [2.24, 2.45) is 5.92 Å². The largest absolute Gasteiger partial charge is 0.326 e. The van der Waals surface area contributed by atoms with Gasteiger partial charge < -0.3 is 10.6 Å². The first-order valence-electron chi connectivity index (χ1n) is 6.84. The fraction of sp³-hybridized carbons (Fsp3) is 0.500. The molecular formula is C14H21N3O3S. The Balaban J connectivity index is 2.17. The first-order chi connectivity index (χ1) is 9.80. The highest BCUT2D eigenvalue weighted by Gasteiger charge is 2.22. The van der Waals surface area contributed by atoms with Crippen molar-refractivity contribution in [2.75, 3.05) is 32.5 Å². The van der Waals surface area contributed by atoms with Gasteiger partial charge in [0.1, 0.15) is 0 Å². The number of carbonyl (C=O) groups is 1. The van der Waals surface area contributed by atoms with E-state index in [0.29, 0.717) is 18.0 Å². The summed E-state index contributed by atoms with van der Waals surface area (Å²) in [6, 6.07) is 4.77. The molecule has 1 aliphatic rings. The number of nitrogens with one attached hydrogen (secondary N) is 2. The number of sulfonamides is 1. The lowest BCUT2D eigenvalue weighted by molar-refractivity contribution is -0.117. The Morgan fingerprint density at radius 2 is 2.05 bits per heavy atom. The van der Waals surface area contributed by atoms with E-state index in [0.717, 1.165) is 23.0 Å². The Kier molecular flexibility index (Phi) is 4.65. The van der Waals surface area contributed by atoms with E-state index in [4.69, 9.17) is 0 Å². The third kappa shape index (κ3) is 3.61. The molecule has 0 bridgehead atoms. The Hall–Kier alpha value is -1.44. The summed E-state index contributed by atoms with van der Waals surface area (Å²) >= 11 is 0. The van der Waals surface area contributed by atoms with Crippen LogP contribution in [-0.2, 0) is 14.8 Å². The summed E-state index contributed by atoms with van der Waals surface area (Å²) in [7, 11) is -0.530. The van der Waals surface area contributed by atoms with Crippen LogP contribution in [0.5, 0.6) is 0 Å². The Morgan fingerprint density at radius 1 is 1.38 bits per heavy atom. The fourth-order valence-electron chi connectivity index (χ4n) is 2.06. The maximum absolute atomic E-state index is 12.1. The van der Waals surface area contributed by atoms with Crippen molar-refractivity contribution in [3.05, 3.63) is 23.8 Å². The zero-order chi connectivity index (χ0) is 15.6. The summed E-state index contributed by atoms with van der Waals surface area (Å²) in [5.41, 5.74) is 1.39. The number of rotatable bonds is 5. The molecule has 0 aliphatic carbocycles. The van der Waals surface area contributed by atoms with E-state index in [1.54, 1.807) is 12.1 Å². The summed E-state index contributed by atoms with van der Waals surface area (Å²) in [5, 5.41) is 5.93. The van der Waals surface area contributed by atoms with Gasteiger partial charge in [-0.2, -0.15) is 0 Å². The molecule has 116 valence electrons. The van der Waals surface area contributed by atoms with Gasteiger partial charge in [0.2, 0.25) is 15.9 Å². The molecule has 2 N–H and O–H groups in total. The van der Waals surface area contributed by atoms with Gasteiger partial charge in [-0.05, 0) is 43.6 Å². The zero-order valence-corrected chi connectivity index (χ0v) is 13.3. The average Bonchev–Trinajstić information content (AvgIpc) is 2.36. The zero-order valence-electron chi connectivity index (χ0n) is 12.5. The molecule has 1 heterocycles. The quantitative estimate of drug-likeness (QED) is 0.843. The molecular weight excluding hydrogens is 290 g/mol. The van der Waals surface area contributed by atoms with Crippen molar-refractivity contribution >= 4 is 21.6 Å². The van der Waals surface area contributed by atoms with Crippen molar-refractivity contribution in [2.45, 2.75) is 18.2 Å². The molecule has 21 heavy (non-hydrogen) atoms. The van der Waals surface area contributed by atoms with E-state index < -0.39 is 10.0 Å². The van der Waals surface area contributed by atoms with Gasteiger partial charge in [0.15, 0.2) is 0 Å². The highest BCUT2D eigenvalue weighted by molar-refractivity contribution is 7.89. The minimum atomic E-state index is -3.50. The molecule has 0 aromatic heterocycles. The van der Waals surface area contributed by atoms with Crippen LogP contribution in [0.15, 0.2) is 23.1 Å². The summed E-state index contributed by atoms with van der Waals surface area (Å²) in [5.74, 6) is 0.294. The van der Waals surface area contributed by atoms with Gasteiger partial charge in [0.25, 0.3) is 0 Å². The summed E-state index contributed by atoms with van der Waals surface area (Å²) in [6.45, 7) is 3.56. The smallest absolute Gasteiger partial charge is 0.242 e. The van der Waals surface area contributed by atoms with Crippen molar-refractivity contribution in [3.8, 4) is 0 Å². The maximum Gasteiger partial charge on any atom is 0.242 e. The molecule has 1 saturated heterocycles. The predicted molar refractivity (Wildman–Crippen MR) is 81.7 cm³/mol. The van der Waals surface area contributed by atoms with Crippen molar-refractivity contribution in [1.82, 2.24) is 9.62 Å². The number of hydrogen-bond acceptors (Lipinski definition) is 4. The molecule has 2 rings (SSSR count). The number of anilines is 1. The molecule has 7 heteroatoms. The molecule has 1 aromatic carbocycles. The average molecular weight is 311 g/mol. The van der Waals surface area contributed by atoms with Crippen LogP contribution in [0, 0.1) is 12.8 Å². The van der Waals surface area contributed by atoms with Crippen LogP contribution in [0.3, 0.4) is 0 Å². The number of aryl methyl sites for hydroxylation is 1. The maximum atomic E-state index is 12.1. The van der Waals surface area contributed by atoms with Crippen LogP contribution in [0.1, 0.15) is 12.0 Å². The SMILES string of the molecule is Cc1ccc(S(=O)(=O)N(C)C)cc1NC(=O)CC1CNC1. The number of benzene rings is 1. The summed E-state index contributed by atoms with van der Waals surface area (Å²) < 4.78 is 25.4. The van der Waals surface area contributed by atoms with E-state index in [1.165, 1.54) is 20.2 Å². The van der Waals surface area contributed by atoms with Crippen LogP contribution in [0.2, 0.25) is 0 Å². The third-order valence-corrected chi connectivity index (χ3v) is 5.41. The van der Waals surface area contributed by atoms with Gasteiger partial charge >= 0.3 is 0 Å². The van der Waals surface area contributed by atoms with E-state index in [9.17, 15) is 13.2 Å². The van der Waals surface area contributed by atoms with Gasteiger partial charge in [-0.15, -0.1) is 0 Å². The molecule has 1 amide bonds. The topological polar surface area (TPSA) is 78.5 Å². The van der Waals surface area contributed by atoms with Gasteiger partial charge in [-0.25, -0.2) is 12.7 Å². The summed E-state index contributed by atoms with van der Waals surface area (Å²) in [6.07, 6.45) is 0.455. The van der Waals surface area contributed by atoms with Crippen LogP contribution in [0.25, 0.3) is 0 Å². The van der Waals surface area contributed by atoms with Crippen LogP contribution < -0.4 is 10.6 Å². The monoisotopic (exact) mass is 311 g/mol. The lowest BCUT2D eigenvalue weighted by Gasteiger charge is -2.26. The highest BCUT2D eigenvalue weighted by Crippen LogP contribution is 2.22. The lowest BCUT2D eigenvalue weighted by atomic mass is 9.99. The molecule has 1 aromatic rings. The van der Waals surface area contributed by atoms with E-state index in [1.807, 2.05) is 6.92 Å². The number of hydrogen-bond donors (Lipinski definition) is 2. The molecule has 0 unspecified atom stereocenters. The number of carbonyl (C=O) groups excluding carboxylic acids is 1. The first-order valence-corrected chi connectivity index (χ1v) is 8.28. The Morgan fingerprint density at radius 3 is 2.57 bits per heavy atom. The number of nitrogens with zero attached hydrogens (tertiary/aromatic N) is 1. The van der Waals surface area contributed by atoms with Crippen molar-refractivity contribution in [1.29, 1.82) is 0 Å². The first kappa shape index (κ1) is 15.9. The second-order valence-corrected chi connectivity index (χ2v) is 7.69. The van der Waals surface area contributed by atoms with E-state index in [-0.39, 0.29) is 10.8 Å². The standard InChI is InChI=1S/C14H21N3O3S/c1-10-4-5-12(21(19,20)17(2)3)7-13(10)16-14(18)6-11-8-15-9-11/h4-5,7,11,15H,6,8-9H2,1-3H3,(H,16,18). The lowest BCUT2D eigenvalue weighted by Crippen LogP contribution is -2.43. The second kappa shape index (κ2) is 6.13. The number of amides is 1. The van der Waals surface area contributed by atoms with Crippen LogP contribution in [0.4, 0.5) is 5.69 Å². The van der Waals surface area contributed by atoms with Crippen molar-refractivity contribution in [3.63, 3.8) is 0 Å². The van der Waals surface area contributed by atoms with Gasteiger partial charge in [-0.3, -0.25) is 4.79 Å². The molecule has 0 saturated carbocycles. The van der Waals surface area contributed by atoms with Gasteiger partial charge in [0.05, 0.1) is 4.90 Å². The Bertz CT molecular complexity index is 637. The molecule has 6 nitrogen and oxygen atoms in total. The third-order valence-electron chi connectivity index (χ3n) is 3.60. The Labute approximate surface area is 125 Å². The molecule has 1 aliphatic heterocycles. The molecule has 0 atom stereocenters. The molecule has 1 fully saturated rings. The highest BCUT2D eigenvalue weighted by atomic mass is 32.2. The minimum absolute atomic E-state index is 0.0796. The second-order valence-electron chi connectivity index (χ2n) is 5.54. The van der Waals surface area contributed by atoms with Gasteiger partial charge in [0, 0.05) is 26.2 Å². The summed E-state index contributed by atoms with van der Waals surface area (Å²) in [4.78, 5) is 12.1. The van der Waals surface area contributed by atoms with E-state index >= 15 is 0 Å². The van der Waals surface area contributed by atoms with Gasteiger partial charge in [-0.1, -0.05) is 6.07 Å². The molecule has 0 spiro atoms. The van der Waals surface area contributed by atoms with Crippen LogP contribution in [-0.4, -0.2) is 45.8 Å². The normalized spacial score (nSPS) is 15.8. The van der Waals surface area contributed by atoms with Crippen molar-refractivity contribution < 1.29 is 13.2 Å².